The molecule has 0 spiro atoms. The third kappa shape index (κ3) is 6.39. The lowest BCUT2D eigenvalue weighted by molar-refractivity contribution is -0.132. The molecule has 136 valence electrons. The summed E-state index contributed by atoms with van der Waals surface area (Å²) in [4.78, 5) is 16.8. The van der Waals surface area contributed by atoms with E-state index in [1.807, 2.05) is 4.90 Å². The molecule has 1 aliphatic carbocycles. The van der Waals surface area contributed by atoms with Crippen LogP contribution in [0, 0.1) is 5.92 Å². The summed E-state index contributed by atoms with van der Waals surface area (Å²) < 4.78 is 5.61. The zero-order valence-electron chi connectivity index (χ0n) is 14.0. The van der Waals surface area contributed by atoms with E-state index in [9.17, 15) is 4.79 Å². The van der Waals surface area contributed by atoms with Gasteiger partial charge in [-0.15, -0.1) is 24.8 Å². The van der Waals surface area contributed by atoms with Crippen LogP contribution in [-0.4, -0.2) is 73.7 Å². The summed E-state index contributed by atoms with van der Waals surface area (Å²) in [7, 11) is 0. The highest BCUT2D eigenvalue weighted by molar-refractivity contribution is 5.85. The van der Waals surface area contributed by atoms with Crippen LogP contribution in [0.25, 0.3) is 0 Å². The van der Waals surface area contributed by atoms with Crippen LogP contribution < -0.4 is 5.32 Å². The molecule has 2 aliphatic heterocycles. The van der Waals surface area contributed by atoms with Crippen molar-refractivity contribution in [3.05, 3.63) is 0 Å². The van der Waals surface area contributed by atoms with Crippen molar-refractivity contribution >= 4 is 30.7 Å². The molecule has 2 heterocycles. The fourth-order valence-electron chi connectivity index (χ4n) is 3.47. The molecule has 5 nitrogen and oxygen atoms in total. The molecule has 7 heteroatoms. The number of piperidine rings is 1. The number of rotatable bonds is 5. The van der Waals surface area contributed by atoms with Crippen LogP contribution in [0.1, 0.15) is 32.6 Å². The van der Waals surface area contributed by atoms with Crippen molar-refractivity contribution in [1.29, 1.82) is 0 Å². The van der Waals surface area contributed by atoms with Gasteiger partial charge in [0.25, 0.3) is 0 Å². The molecule has 23 heavy (non-hydrogen) atoms. The van der Waals surface area contributed by atoms with Crippen molar-refractivity contribution in [3.63, 3.8) is 0 Å². The second kappa shape index (κ2) is 10.0. The normalized spacial score (nSPS) is 26.3. The first kappa shape index (κ1) is 21.0. The van der Waals surface area contributed by atoms with Crippen molar-refractivity contribution in [2.75, 3.05) is 45.9 Å². The Kier molecular flexibility index (Phi) is 9.16. The highest BCUT2D eigenvalue weighted by atomic mass is 35.5. The summed E-state index contributed by atoms with van der Waals surface area (Å²) in [6, 6.07) is 0.639. The van der Waals surface area contributed by atoms with Crippen LogP contribution >= 0.6 is 24.8 Å². The Balaban J connectivity index is 0.00000132. The molecule has 2 saturated heterocycles. The number of carbonyl (C=O) groups is 1. The second-order valence-electron chi connectivity index (χ2n) is 6.86. The molecule has 1 saturated carbocycles. The van der Waals surface area contributed by atoms with Gasteiger partial charge in [-0.3, -0.25) is 9.69 Å². The van der Waals surface area contributed by atoms with Crippen molar-refractivity contribution < 1.29 is 9.53 Å². The lowest BCUT2D eigenvalue weighted by Gasteiger charge is -2.41. The molecule has 0 aromatic carbocycles. The summed E-state index contributed by atoms with van der Waals surface area (Å²) in [5.41, 5.74) is 0. The Morgan fingerprint density at radius 2 is 1.83 bits per heavy atom. The van der Waals surface area contributed by atoms with Crippen molar-refractivity contribution in [2.45, 2.75) is 44.8 Å². The van der Waals surface area contributed by atoms with Crippen LogP contribution in [0.4, 0.5) is 0 Å². The molecule has 1 amide bonds. The van der Waals surface area contributed by atoms with E-state index in [0.29, 0.717) is 18.7 Å². The first-order chi connectivity index (χ1) is 10.2. The Morgan fingerprint density at radius 3 is 2.43 bits per heavy atom. The van der Waals surface area contributed by atoms with Gasteiger partial charge in [-0.05, 0) is 45.1 Å². The smallest absolute Gasteiger partial charge is 0.236 e. The number of ether oxygens (including phenoxy) is 1. The van der Waals surface area contributed by atoms with Crippen LogP contribution in [0.5, 0.6) is 0 Å². The van der Waals surface area contributed by atoms with E-state index in [-0.39, 0.29) is 30.7 Å². The quantitative estimate of drug-likeness (QED) is 0.800. The molecule has 1 atom stereocenters. The molecular weight excluding hydrogens is 337 g/mol. The number of hydrogen-bond donors (Lipinski definition) is 1. The fraction of sp³-hybridized carbons (Fsp3) is 0.938. The number of morpholine rings is 1. The number of carbonyl (C=O) groups excluding carboxylic acids is 1. The predicted octanol–water partition coefficient (Wildman–Crippen LogP) is 1.54. The van der Waals surface area contributed by atoms with Crippen LogP contribution in [0.3, 0.4) is 0 Å². The Hall–Kier alpha value is -0.0700. The molecule has 0 aromatic heterocycles. The van der Waals surface area contributed by atoms with E-state index in [4.69, 9.17) is 4.74 Å². The summed E-state index contributed by atoms with van der Waals surface area (Å²) >= 11 is 0. The van der Waals surface area contributed by atoms with Gasteiger partial charge < -0.3 is 15.0 Å². The average molecular weight is 368 g/mol. The molecule has 0 radical (unpaired) electrons. The summed E-state index contributed by atoms with van der Waals surface area (Å²) in [5.74, 6) is 1.12. The van der Waals surface area contributed by atoms with E-state index in [1.54, 1.807) is 0 Å². The molecular formula is C16H31Cl2N3O2. The van der Waals surface area contributed by atoms with Gasteiger partial charge in [-0.2, -0.15) is 0 Å². The molecule has 0 bridgehead atoms. The number of nitrogens with zero attached hydrogens (tertiary/aromatic N) is 2. The summed E-state index contributed by atoms with van der Waals surface area (Å²) in [5, 5.41) is 3.31. The Morgan fingerprint density at radius 1 is 1.13 bits per heavy atom. The van der Waals surface area contributed by atoms with Crippen molar-refractivity contribution in [2.24, 2.45) is 5.92 Å². The first-order valence-corrected chi connectivity index (χ1v) is 8.56. The van der Waals surface area contributed by atoms with Gasteiger partial charge in [0, 0.05) is 32.2 Å². The minimum Gasteiger partial charge on any atom is -0.376 e. The number of hydrogen-bond acceptors (Lipinski definition) is 4. The van der Waals surface area contributed by atoms with Gasteiger partial charge in [0.2, 0.25) is 5.91 Å². The number of amides is 1. The summed E-state index contributed by atoms with van der Waals surface area (Å²) in [6.45, 7) is 8.47. The van der Waals surface area contributed by atoms with Crippen LogP contribution in [-0.2, 0) is 9.53 Å². The summed E-state index contributed by atoms with van der Waals surface area (Å²) in [6.07, 6.45) is 5.25. The lowest BCUT2D eigenvalue weighted by Crippen LogP contribution is -2.52. The topological polar surface area (TPSA) is 44.8 Å². The molecule has 3 aliphatic rings. The molecule has 1 N–H and O–H groups in total. The molecule has 3 fully saturated rings. The number of likely N-dealkylation sites (tertiary alicyclic amines) is 1. The van der Waals surface area contributed by atoms with E-state index in [2.05, 4.69) is 17.1 Å². The zero-order valence-corrected chi connectivity index (χ0v) is 15.7. The van der Waals surface area contributed by atoms with E-state index < -0.39 is 0 Å². The fourth-order valence-corrected chi connectivity index (χ4v) is 3.47. The highest BCUT2D eigenvalue weighted by Gasteiger charge is 2.29. The molecule has 0 aromatic rings. The standard InChI is InChI=1S/C16H29N3O2.2ClH/c1-13-12-19(8-9-21-13)15-4-6-18(7-5-15)16(20)11-17-10-14-2-3-14;;/h13-15,17H,2-12H2,1H3;2*1H. The highest BCUT2D eigenvalue weighted by Crippen LogP contribution is 2.27. The van der Waals surface area contributed by atoms with E-state index >= 15 is 0 Å². The van der Waals surface area contributed by atoms with Gasteiger partial charge in [0.1, 0.15) is 0 Å². The van der Waals surface area contributed by atoms with Crippen molar-refractivity contribution in [1.82, 2.24) is 15.1 Å². The maximum atomic E-state index is 12.2. The molecule has 3 rings (SSSR count). The first-order valence-electron chi connectivity index (χ1n) is 8.56. The minimum atomic E-state index is 0. The lowest BCUT2D eigenvalue weighted by atomic mass is 10.0. The minimum absolute atomic E-state index is 0. The van der Waals surface area contributed by atoms with Gasteiger partial charge >= 0.3 is 0 Å². The average Bonchev–Trinajstić information content (AvgIpc) is 3.31. The second-order valence-corrected chi connectivity index (χ2v) is 6.86. The monoisotopic (exact) mass is 367 g/mol. The van der Waals surface area contributed by atoms with E-state index in [1.165, 1.54) is 12.8 Å². The number of halogens is 2. The maximum Gasteiger partial charge on any atom is 0.236 e. The predicted molar refractivity (Wildman–Crippen MR) is 96.7 cm³/mol. The van der Waals surface area contributed by atoms with Gasteiger partial charge in [-0.1, -0.05) is 0 Å². The van der Waals surface area contributed by atoms with Crippen LogP contribution in [0.15, 0.2) is 0 Å². The zero-order chi connectivity index (χ0) is 14.7. The maximum absolute atomic E-state index is 12.2. The van der Waals surface area contributed by atoms with Gasteiger partial charge in [0.05, 0.1) is 19.3 Å². The third-order valence-corrected chi connectivity index (χ3v) is 5.01. The Labute approximate surface area is 152 Å². The largest absolute Gasteiger partial charge is 0.376 e. The third-order valence-electron chi connectivity index (χ3n) is 5.01. The van der Waals surface area contributed by atoms with E-state index in [0.717, 1.165) is 58.1 Å². The van der Waals surface area contributed by atoms with Crippen LogP contribution in [0.2, 0.25) is 0 Å². The van der Waals surface area contributed by atoms with Gasteiger partial charge in [-0.25, -0.2) is 0 Å². The molecule has 1 unspecified atom stereocenters. The number of nitrogens with one attached hydrogen (secondary N) is 1. The van der Waals surface area contributed by atoms with Crippen molar-refractivity contribution in [3.8, 4) is 0 Å². The SMILES string of the molecule is CC1CN(C2CCN(C(=O)CNCC3CC3)CC2)CCO1.Cl.Cl. The van der Waals surface area contributed by atoms with Gasteiger partial charge in [0.15, 0.2) is 0 Å². The Bertz CT molecular complexity index is 361.